The van der Waals surface area contributed by atoms with Crippen LogP contribution in [0.5, 0.6) is 0 Å². The molecule has 1 aliphatic carbocycles. The summed E-state index contributed by atoms with van der Waals surface area (Å²) in [5.41, 5.74) is 3.41. The predicted molar refractivity (Wildman–Crippen MR) is 105 cm³/mol. The van der Waals surface area contributed by atoms with Crippen LogP contribution in [-0.2, 0) is 15.0 Å². The summed E-state index contributed by atoms with van der Waals surface area (Å²) in [7, 11) is 0. The number of carbonyl (C=O) groups is 2. The summed E-state index contributed by atoms with van der Waals surface area (Å²) >= 11 is 0. The number of nitrogens with one attached hydrogen (secondary N) is 2. The molecule has 1 aliphatic heterocycles. The molecule has 2 aromatic rings. The number of alkyl halides is 3. The van der Waals surface area contributed by atoms with Crippen molar-refractivity contribution < 1.29 is 27.9 Å². The lowest BCUT2D eigenvalue weighted by molar-refractivity contribution is -0.167. The Morgan fingerprint density at radius 1 is 1.17 bits per heavy atom. The summed E-state index contributed by atoms with van der Waals surface area (Å²) in [6, 6.07) is 8.17. The van der Waals surface area contributed by atoms with Crippen molar-refractivity contribution in [3.63, 3.8) is 0 Å². The first-order valence-corrected chi connectivity index (χ1v) is 9.66. The smallest absolute Gasteiger partial charge is 0.384 e. The molecular weight excluding hydrogens is 397 g/mol. The third-order valence-electron chi connectivity index (χ3n) is 6.15. The molecule has 158 valence electrons. The van der Waals surface area contributed by atoms with Gasteiger partial charge in [-0.1, -0.05) is 12.5 Å². The minimum absolute atomic E-state index is 0.00694. The summed E-state index contributed by atoms with van der Waals surface area (Å²) in [4.78, 5) is 23.6. The number of aliphatic hydroxyl groups excluding tert-OH is 1. The van der Waals surface area contributed by atoms with Gasteiger partial charge in [0.05, 0.1) is 5.41 Å². The zero-order valence-corrected chi connectivity index (χ0v) is 16.5. The van der Waals surface area contributed by atoms with E-state index in [2.05, 4.69) is 5.32 Å². The highest BCUT2D eigenvalue weighted by Crippen LogP contribution is 2.51. The number of hydrogen-bond acceptors (Lipinski definition) is 3. The number of aryl methyl sites for hydroxylation is 2. The summed E-state index contributed by atoms with van der Waals surface area (Å²) in [6.07, 6.45) is -3.47. The van der Waals surface area contributed by atoms with Gasteiger partial charge in [-0.25, -0.2) is 0 Å². The molecule has 1 spiro atoms. The van der Waals surface area contributed by atoms with Crippen LogP contribution in [0.2, 0.25) is 0 Å². The molecule has 30 heavy (non-hydrogen) atoms. The molecule has 2 amide bonds. The minimum atomic E-state index is -4.98. The Balaban J connectivity index is 1.66. The Morgan fingerprint density at radius 3 is 2.33 bits per heavy atom. The van der Waals surface area contributed by atoms with Gasteiger partial charge in [-0.3, -0.25) is 9.59 Å². The van der Waals surface area contributed by atoms with Gasteiger partial charge in [0.2, 0.25) is 5.91 Å². The third-order valence-corrected chi connectivity index (χ3v) is 6.15. The lowest BCUT2D eigenvalue weighted by Gasteiger charge is -2.36. The van der Waals surface area contributed by atoms with Crippen molar-refractivity contribution in [3.05, 3.63) is 58.1 Å². The number of carbonyl (C=O) groups excluding carboxylic acids is 2. The Bertz CT molecular complexity index is 1040. The van der Waals surface area contributed by atoms with E-state index in [9.17, 15) is 27.9 Å². The van der Waals surface area contributed by atoms with Gasteiger partial charge in [0.25, 0.3) is 0 Å². The van der Waals surface area contributed by atoms with E-state index in [-0.39, 0.29) is 11.6 Å². The first kappa shape index (κ1) is 20.4. The molecule has 1 atom stereocenters. The number of aliphatic hydroxyl groups is 1. The second-order valence-corrected chi connectivity index (χ2v) is 8.07. The zero-order valence-electron chi connectivity index (χ0n) is 16.5. The normalized spacial score (nSPS) is 17.9. The van der Waals surface area contributed by atoms with Crippen molar-refractivity contribution in [2.24, 2.45) is 0 Å². The fourth-order valence-corrected chi connectivity index (χ4v) is 4.47. The number of rotatable bonds is 3. The first-order chi connectivity index (χ1) is 14.0. The second kappa shape index (κ2) is 6.84. The van der Waals surface area contributed by atoms with E-state index in [0.29, 0.717) is 22.3 Å². The van der Waals surface area contributed by atoms with E-state index in [1.165, 1.54) is 12.1 Å². The first-order valence-electron chi connectivity index (χ1n) is 9.66. The second-order valence-electron chi connectivity index (χ2n) is 8.07. The van der Waals surface area contributed by atoms with Crippen LogP contribution in [-0.4, -0.2) is 23.1 Å². The number of halogens is 3. The molecule has 0 radical (unpaired) electrons. The van der Waals surface area contributed by atoms with Crippen LogP contribution >= 0.6 is 0 Å². The van der Waals surface area contributed by atoms with Crippen LogP contribution in [0.4, 0.5) is 24.5 Å². The fourth-order valence-electron chi connectivity index (χ4n) is 4.47. The lowest BCUT2D eigenvalue weighted by atomic mass is 9.65. The highest BCUT2D eigenvalue weighted by atomic mass is 19.4. The molecule has 8 heteroatoms. The zero-order chi connectivity index (χ0) is 21.8. The maximum atomic E-state index is 12.5. The van der Waals surface area contributed by atoms with Crippen LogP contribution in [0.1, 0.15) is 53.2 Å². The van der Waals surface area contributed by atoms with Crippen molar-refractivity contribution in [2.75, 3.05) is 10.6 Å². The highest BCUT2D eigenvalue weighted by molar-refractivity contribution is 6.07. The van der Waals surface area contributed by atoms with E-state index < -0.39 is 23.6 Å². The van der Waals surface area contributed by atoms with Crippen molar-refractivity contribution in [1.82, 2.24) is 0 Å². The SMILES string of the molecule is Cc1cc(NC(=O)C(F)(F)F)cc(C)c1C(O)c1ccc2c(c1)C1(CCC1)C(=O)N2. The molecule has 1 unspecified atom stereocenters. The van der Waals surface area contributed by atoms with Gasteiger partial charge in [0, 0.05) is 11.4 Å². The van der Waals surface area contributed by atoms with Crippen molar-refractivity contribution in [1.29, 1.82) is 0 Å². The number of fused-ring (bicyclic) bond motifs is 2. The van der Waals surface area contributed by atoms with E-state index in [1.54, 1.807) is 26.0 Å². The van der Waals surface area contributed by atoms with Crippen LogP contribution < -0.4 is 10.6 Å². The molecule has 4 rings (SSSR count). The van der Waals surface area contributed by atoms with Crippen molar-refractivity contribution in [3.8, 4) is 0 Å². The number of benzene rings is 2. The van der Waals surface area contributed by atoms with Gasteiger partial charge < -0.3 is 15.7 Å². The summed E-state index contributed by atoms with van der Waals surface area (Å²) in [5, 5.41) is 15.8. The van der Waals surface area contributed by atoms with Crippen LogP contribution in [0.3, 0.4) is 0 Å². The molecule has 0 aromatic heterocycles. The summed E-state index contributed by atoms with van der Waals surface area (Å²) < 4.78 is 37.6. The lowest BCUT2D eigenvalue weighted by Crippen LogP contribution is -2.40. The molecular formula is C22H21F3N2O3. The van der Waals surface area contributed by atoms with E-state index in [1.807, 2.05) is 11.4 Å². The predicted octanol–water partition coefficient (Wildman–Crippen LogP) is 4.26. The fraction of sp³-hybridized carbons (Fsp3) is 0.364. The maximum Gasteiger partial charge on any atom is 0.471 e. The molecule has 5 nitrogen and oxygen atoms in total. The Hall–Kier alpha value is -2.87. The average Bonchev–Trinajstić information content (AvgIpc) is 2.91. The average molecular weight is 418 g/mol. The van der Waals surface area contributed by atoms with Gasteiger partial charge in [-0.2, -0.15) is 13.2 Å². The maximum absolute atomic E-state index is 12.5. The monoisotopic (exact) mass is 418 g/mol. The molecule has 0 bridgehead atoms. The van der Waals surface area contributed by atoms with Crippen molar-refractivity contribution in [2.45, 2.75) is 50.8 Å². The van der Waals surface area contributed by atoms with Gasteiger partial charge in [-0.05, 0) is 78.8 Å². The van der Waals surface area contributed by atoms with Crippen LogP contribution in [0.25, 0.3) is 0 Å². The summed E-state index contributed by atoms with van der Waals surface area (Å²) in [5.74, 6) is -2.05. The van der Waals surface area contributed by atoms with Gasteiger partial charge in [0.15, 0.2) is 0 Å². The van der Waals surface area contributed by atoms with E-state index >= 15 is 0 Å². The van der Waals surface area contributed by atoms with Gasteiger partial charge in [-0.15, -0.1) is 0 Å². The Morgan fingerprint density at radius 2 is 1.80 bits per heavy atom. The van der Waals surface area contributed by atoms with E-state index in [0.717, 1.165) is 30.5 Å². The molecule has 2 aromatic carbocycles. The van der Waals surface area contributed by atoms with Crippen molar-refractivity contribution >= 4 is 23.2 Å². The Kier molecular flexibility index (Phi) is 4.65. The largest absolute Gasteiger partial charge is 0.471 e. The quantitative estimate of drug-likeness (QED) is 0.697. The molecule has 2 aliphatic rings. The molecule has 1 fully saturated rings. The molecule has 3 N–H and O–H groups in total. The van der Waals surface area contributed by atoms with Gasteiger partial charge >= 0.3 is 12.1 Å². The number of anilines is 2. The summed E-state index contributed by atoms with van der Waals surface area (Å²) in [6.45, 7) is 3.33. The Labute approximate surface area is 171 Å². The number of hydrogen-bond donors (Lipinski definition) is 3. The van der Waals surface area contributed by atoms with Crippen LogP contribution in [0.15, 0.2) is 30.3 Å². The van der Waals surface area contributed by atoms with Crippen LogP contribution in [0, 0.1) is 13.8 Å². The van der Waals surface area contributed by atoms with E-state index in [4.69, 9.17) is 0 Å². The molecule has 1 heterocycles. The number of amides is 2. The highest BCUT2D eigenvalue weighted by Gasteiger charge is 2.51. The topological polar surface area (TPSA) is 78.4 Å². The standard InChI is InChI=1S/C22H21F3N2O3/c1-11-8-14(26-20(30)22(23,24)25)9-12(2)17(11)18(28)13-4-5-16-15(10-13)21(6-3-7-21)19(29)27-16/h4-5,8-10,18,28H,3,6-7H2,1-2H3,(H,26,30)(H,27,29). The minimum Gasteiger partial charge on any atom is -0.384 e. The van der Waals surface area contributed by atoms with Gasteiger partial charge in [0.1, 0.15) is 6.10 Å². The molecule has 0 saturated heterocycles. The molecule has 1 saturated carbocycles. The third kappa shape index (κ3) is 3.15.